The molecule has 0 aliphatic rings. The molecule has 0 unspecified atom stereocenters. The summed E-state index contributed by atoms with van der Waals surface area (Å²) in [5, 5.41) is 6.67. The molecule has 1 rings (SSSR count). The Morgan fingerprint density at radius 3 is 2.95 bits per heavy atom. The molecule has 1 heterocycles. The summed E-state index contributed by atoms with van der Waals surface area (Å²) in [4.78, 5) is 22.9. The lowest BCUT2D eigenvalue weighted by Gasteiger charge is -2.04. The van der Waals surface area contributed by atoms with Crippen molar-refractivity contribution >= 4 is 11.9 Å². The third-order valence-electron chi connectivity index (χ3n) is 2.30. The minimum absolute atomic E-state index is 0.0758. The summed E-state index contributed by atoms with van der Waals surface area (Å²) in [5.41, 5.74) is 0.342. The maximum Gasteiger partial charge on any atom is 0.341 e. The van der Waals surface area contributed by atoms with Crippen LogP contribution < -0.4 is 5.32 Å². The molecule has 0 aliphatic carbocycles. The highest BCUT2D eigenvalue weighted by Gasteiger charge is 2.10. The average Bonchev–Trinajstić information content (AvgIpc) is 2.83. The fraction of sp³-hybridized carbons (Fsp3) is 0.583. The van der Waals surface area contributed by atoms with E-state index in [-0.39, 0.29) is 12.5 Å². The second-order valence-electron chi connectivity index (χ2n) is 3.84. The summed E-state index contributed by atoms with van der Waals surface area (Å²) >= 11 is 0. The van der Waals surface area contributed by atoms with Crippen molar-refractivity contribution in [1.82, 2.24) is 15.1 Å². The smallest absolute Gasteiger partial charge is 0.341 e. The number of amides is 1. The molecule has 7 nitrogen and oxygen atoms in total. The number of methoxy groups -OCH3 is 1. The van der Waals surface area contributed by atoms with E-state index >= 15 is 0 Å². The average molecular weight is 269 g/mol. The number of rotatable bonds is 8. The number of nitrogens with zero attached hydrogens (tertiary/aromatic N) is 2. The molecule has 0 atom stereocenters. The first kappa shape index (κ1) is 15.2. The molecule has 1 amide bonds. The van der Waals surface area contributed by atoms with Crippen LogP contribution in [0.3, 0.4) is 0 Å². The molecule has 0 fully saturated rings. The molecule has 0 spiro atoms. The topological polar surface area (TPSA) is 82.5 Å². The first-order chi connectivity index (χ1) is 9.17. The Bertz CT molecular complexity index is 417. The summed E-state index contributed by atoms with van der Waals surface area (Å²) in [6.45, 7) is 3.28. The van der Waals surface area contributed by atoms with E-state index in [9.17, 15) is 9.59 Å². The lowest BCUT2D eigenvalue weighted by Crippen LogP contribution is -2.29. The van der Waals surface area contributed by atoms with Gasteiger partial charge in [-0.25, -0.2) is 4.79 Å². The number of hydrogen-bond donors (Lipinski definition) is 1. The van der Waals surface area contributed by atoms with Crippen molar-refractivity contribution in [2.24, 2.45) is 0 Å². The van der Waals surface area contributed by atoms with Gasteiger partial charge in [-0.15, -0.1) is 0 Å². The quantitative estimate of drug-likeness (QED) is 0.539. The van der Waals surface area contributed by atoms with Crippen molar-refractivity contribution in [1.29, 1.82) is 0 Å². The summed E-state index contributed by atoms with van der Waals surface area (Å²) < 4.78 is 11.1. The van der Waals surface area contributed by atoms with Gasteiger partial charge in [0, 0.05) is 26.5 Å². The van der Waals surface area contributed by atoms with Gasteiger partial charge in [-0.2, -0.15) is 5.10 Å². The van der Waals surface area contributed by atoms with E-state index in [1.807, 2.05) is 0 Å². The van der Waals surface area contributed by atoms with E-state index in [4.69, 9.17) is 9.47 Å². The number of hydrogen-bond acceptors (Lipinski definition) is 5. The van der Waals surface area contributed by atoms with Crippen LogP contribution in [0.5, 0.6) is 0 Å². The van der Waals surface area contributed by atoms with Crippen molar-refractivity contribution < 1.29 is 19.1 Å². The second kappa shape index (κ2) is 8.25. The summed E-state index contributed by atoms with van der Waals surface area (Å²) in [5.74, 6) is -0.594. The van der Waals surface area contributed by atoms with Gasteiger partial charge in [0.05, 0.1) is 18.4 Å². The number of carbonyl (C=O) groups is 2. The standard InChI is InChI=1S/C12H19N3O4/c1-3-19-12(17)10-7-14-15(8-10)9-11(16)13-5-4-6-18-2/h7-8H,3-6,9H2,1-2H3,(H,13,16). The number of ether oxygens (including phenoxy) is 2. The van der Waals surface area contributed by atoms with E-state index in [1.54, 1.807) is 14.0 Å². The Labute approximate surface area is 111 Å². The predicted octanol–water partition coefficient (Wildman–Crippen LogP) is 0.213. The number of carbonyl (C=O) groups excluding carboxylic acids is 2. The van der Waals surface area contributed by atoms with Gasteiger partial charge in [0.15, 0.2) is 0 Å². The van der Waals surface area contributed by atoms with Crippen molar-refractivity contribution in [2.75, 3.05) is 26.9 Å². The molecule has 1 N–H and O–H groups in total. The van der Waals surface area contributed by atoms with Crippen LogP contribution >= 0.6 is 0 Å². The highest BCUT2D eigenvalue weighted by molar-refractivity contribution is 5.88. The van der Waals surface area contributed by atoms with Crippen LogP contribution in [0.1, 0.15) is 23.7 Å². The van der Waals surface area contributed by atoms with Gasteiger partial charge in [0.1, 0.15) is 6.54 Å². The molecular formula is C12H19N3O4. The Morgan fingerprint density at radius 1 is 1.47 bits per heavy atom. The number of aromatic nitrogens is 2. The Hall–Kier alpha value is -1.89. The van der Waals surface area contributed by atoms with Gasteiger partial charge in [-0.05, 0) is 13.3 Å². The molecule has 0 bridgehead atoms. The maximum absolute atomic E-state index is 11.6. The minimum Gasteiger partial charge on any atom is -0.462 e. The van der Waals surface area contributed by atoms with Gasteiger partial charge in [-0.3, -0.25) is 9.48 Å². The Balaban J connectivity index is 2.36. The molecule has 19 heavy (non-hydrogen) atoms. The third kappa shape index (κ3) is 5.52. The van der Waals surface area contributed by atoms with Gasteiger partial charge in [-0.1, -0.05) is 0 Å². The summed E-state index contributed by atoms with van der Waals surface area (Å²) in [6.07, 6.45) is 3.64. The van der Waals surface area contributed by atoms with E-state index < -0.39 is 5.97 Å². The van der Waals surface area contributed by atoms with Crippen LogP contribution in [0.15, 0.2) is 12.4 Å². The summed E-state index contributed by atoms with van der Waals surface area (Å²) in [6, 6.07) is 0. The highest BCUT2D eigenvalue weighted by Crippen LogP contribution is 2.00. The SMILES string of the molecule is CCOC(=O)c1cnn(CC(=O)NCCCOC)c1. The molecule has 0 saturated heterocycles. The van der Waals surface area contributed by atoms with Crippen LogP contribution in [-0.2, 0) is 20.8 Å². The van der Waals surface area contributed by atoms with Crippen molar-refractivity contribution in [2.45, 2.75) is 19.9 Å². The predicted molar refractivity (Wildman–Crippen MR) is 67.7 cm³/mol. The highest BCUT2D eigenvalue weighted by atomic mass is 16.5. The van der Waals surface area contributed by atoms with Crippen molar-refractivity contribution in [3.05, 3.63) is 18.0 Å². The van der Waals surface area contributed by atoms with Crippen LogP contribution in [0.4, 0.5) is 0 Å². The molecular weight excluding hydrogens is 250 g/mol. The number of nitrogens with one attached hydrogen (secondary N) is 1. The zero-order valence-corrected chi connectivity index (χ0v) is 11.2. The molecule has 7 heteroatoms. The molecule has 1 aromatic heterocycles. The monoisotopic (exact) mass is 269 g/mol. The van der Waals surface area contributed by atoms with E-state index in [1.165, 1.54) is 17.1 Å². The lowest BCUT2D eigenvalue weighted by molar-refractivity contribution is -0.121. The third-order valence-corrected chi connectivity index (χ3v) is 2.30. The Kier molecular flexibility index (Phi) is 6.59. The van der Waals surface area contributed by atoms with E-state index in [0.29, 0.717) is 25.3 Å². The molecule has 0 aromatic carbocycles. The zero-order chi connectivity index (χ0) is 14.1. The summed E-state index contributed by atoms with van der Waals surface area (Å²) in [7, 11) is 1.61. The minimum atomic E-state index is -0.436. The molecule has 0 aliphatic heterocycles. The maximum atomic E-state index is 11.6. The first-order valence-corrected chi connectivity index (χ1v) is 6.12. The van der Waals surface area contributed by atoms with Crippen molar-refractivity contribution in [3.63, 3.8) is 0 Å². The fourth-order valence-electron chi connectivity index (χ4n) is 1.42. The number of esters is 1. The van der Waals surface area contributed by atoms with Crippen LogP contribution in [0.2, 0.25) is 0 Å². The second-order valence-corrected chi connectivity index (χ2v) is 3.84. The Morgan fingerprint density at radius 2 is 2.26 bits per heavy atom. The van der Waals surface area contributed by atoms with Crippen LogP contribution in [0, 0.1) is 0 Å². The molecule has 0 radical (unpaired) electrons. The van der Waals surface area contributed by atoms with Gasteiger partial charge in [0.25, 0.3) is 0 Å². The van der Waals surface area contributed by atoms with E-state index in [0.717, 1.165) is 6.42 Å². The lowest BCUT2D eigenvalue weighted by atomic mass is 10.4. The van der Waals surface area contributed by atoms with Gasteiger partial charge in [0.2, 0.25) is 5.91 Å². The molecule has 106 valence electrons. The fourth-order valence-corrected chi connectivity index (χ4v) is 1.42. The van der Waals surface area contributed by atoms with Crippen LogP contribution in [0.25, 0.3) is 0 Å². The van der Waals surface area contributed by atoms with Gasteiger partial charge < -0.3 is 14.8 Å². The van der Waals surface area contributed by atoms with Crippen molar-refractivity contribution in [3.8, 4) is 0 Å². The van der Waals surface area contributed by atoms with E-state index in [2.05, 4.69) is 10.4 Å². The van der Waals surface area contributed by atoms with Crippen LogP contribution in [-0.4, -0.2) is 48.5 Å². The first-order valence-electron chi connectivity index (χ1n) is 6.12. The normalized spacial score (nSPS) is 10.2. The zero-order valence-electron chi connectivity index (χ0n) is 11.2. The van der Waals surface area contributed by atoms with Gasteiger partial charge >= 0.3 is 5.97 Å². The molecule has 0 saturated carbocycles. The largest absolute Gasteiger partial charge is 0.462 e. The molecule has 1 aromatic rings.